The monoisotopic (exact) mass is 198 g/mol. The van der Waals surface area contributed by atoms with Gasteiger partial charge >= 0.3 is 0 Å². The van der Waals surface area contributed by atoms with Gasteiger partial charge in [0.25, 0.3) is 0 Å². The maximum Gasteiger partial charge on any atom is 0.135 e. The first-order valence-corrected chi connectivity index (χ1v) is 4.86. The molecule has 0 amide bonds. The minimum atomic E-state index is 0.269. The van der Waals surface area contributed by atoms with Gasteiger partial charge in [-0.25, -0.2) is 0 Å². The number of hydrogen-bond donors (Lipinski definition) is 1. The zero-order valence-electron chi connectivity index (χ0n) is 8.32. The first kappa shape index (κ1) is 8.36. The molecule has 0 aliphatic heterocycles. The molecule has 0 radical (unpaired) electrons. The van der Waals surface area contributed by atoms with Gasteiger partial charge in [0.2, 0.25) is 0 Å². The van der Waals surface area contributed by atoms with E-state index in [4.69, 9.17) is 4.42 Å². The lowest BCUT2D eigenvalue weighted by Gasteiger charge is -1.91. The zero-order valence-corrected chi connectivity index (χ0v) is 8.32. The maximum atomic E-state index is 9.42. The molecule has 3 aromatic rings. The van der Waals surface area contributed by atoms with Crippen LogP contribution in [0.4, 0.5) is 0 Å². The molecule has 1 heterocycles. The molecule has 0 saturated carbocycles. The van der Waals surface area contributed by atoms with E-state index in [0.29, 0.717) is 0 Å². The number of fused-ring (bicyclic) bond motifs is 3. The normalized spacial score (nSPS) is 11.3. The Hall–Kier alpha value is -1.96. The van der Waals surface area contributed by atoms with Gasteiger partial charge in [-0.15, -0.1) is 0 Å². The molecule has 1 aromatic heterocycles. The molecule has 0 aliphatic rings. The quantitative estimate of drug-likeness (QED) is 0.598. The van der Waals surface area contributed by atoms with Gasteiger partial charge in [-0.2, -0.15) is 0 Å². The van der Waals surface area contributed by atoms with Crippen molar-refractivity contribution in [2.45, 2.75) is 6.92 Å². The molecule has 1 N–H and O–H groups in total. The van der Waals surface area contributed by atoms with Crippen molar-refractivity contribution in [1.82, 2.24) is 0 Å². The van der Waals surface area contributed by atoms with E-state index in [1.54, 1.807) is 18.2 Å². The Bertz CT molecular complexity index is 650. The van der Waals surface area contributed by atoms with Crippen molar-refractivity contribution in [2.24, 2.45) is 0 Å². The second kappa shape index (κ2) is 2.76. The van der Waals surface area contributed by atoms with Gasteiger partial charge in [0.15, 0.2) is 0 Å². The van der Waals surface area contributed by atoms with E-state index in [0.717, 1.165) is 21.9 Å². The van der Waals surface area contributed by atoms with E-state index >= 15 is 0 Å². The second-order valence-electron chi connectivity index (χ2n) is 3.78. The van der Waals surface area contributed by atoms with E-state index in [2.05, 4.69) is 0 Å². The molecule has 2 heteroatoms. The van der Waals surface area contributed by atoms with Crippen LogP contribution in [0, 0.1) is 6.92 Å². The zero-order chi connectivity index (χ0) is 10.4. The number of rotatable bonds is 0. The van der Waals surface area contributed by atoms with Crippen molar-refractivity contribution in [3.8, 4) is 5.75 Å². The van der Waals surface area contributed by atoms with Crippen LogP contribution in [0.15, 0.2) is 40.8 Å². The van der Waals surface area contributed by atoms with Gasteiger partial charge in [-0.3, -0.25) is 0 Å². The lowest BCUT2D eigenvalue weighted by atomic mass is 10.1. The van der Waals surface area contributed by atoms with Crippen LogP contribution in [0.2, 0.25) is 0 Å². The maximum absolute atomic E-state index is 9.42. The molecule has 2 aromatic carbocycles. The van der Waals surface area contributed by atoms with Crippen LogP contribution < -0.4 is 0 Å². The highest BCUT2D eigenvalue weighted by Gasteiger charge is 2.06. The molecule has 2 nitrogen and oxygen atoms in total. The van der Waals surface area contributed by atoms with Crippen molar-refractivity contribution in [3.63, 3.8) is 0 Å². The van der Waals surface area contributed by atoms with Gasteiger partial charge in [0, 0.05) is 10.8 Å². The number of aryl methyl sites for hydroxylation is 1. The van der Waals surface area contributed by atoms with Crippen LogP contribution in [0.5, 0.6) is 5.75 Å². The summed E-state index contributed by atoms with van der Waals surface area (Å²) in [5.41, 5.74) is 2.86. The van der Waals surface area contributed by atoms with Crippen LogP contribution in [0.1, 0.15) is 5.56 Å². The number of phenolic OH excluding ortho intramolecular Hbond substituents is 1. The van der Waals surface area contributed by atoms with Gasteiger partial charge in [-0.05, 0) is 36.8 Å². The summed E-state index contributed by atoms with van der Waals surface area (Å²) in [6, 6.07) is 11.2. The molecule has 0 atom stereocenters. The van der Waals surface area contributed by atoms with E-state index in [9.17, 15) is 5.11 Å². The Morgan fingerprint density at radius 3 is 2.67 bits per heavy atom. The lowest BCUT2D eigenvalue weighted by molar-refractivity contribution is 0.476. The van der Waals surface area contributed by atoms with E-state index in [1.807, 2.05) is 25.1 Å². The third kappa shape index (κ3) is 1.18. The number of phenols is 1. The van der Waals surface area contributed by atoms with Gasteiger partial charge in [0.1, 0.15) is 16.9 Å². The van der Waals surface area contributed by atoms with Crippen molar-refractivity contribution >= 4 is 21.9 Å². The van der Waals surface area contributed by atoms with E-state index in [1.165, 1.54) is 5.56 Å². The molecule has 0 unspecified atom stereocenters. The predicted molar refractivity (Wildman–Crippen MR) is 60.1 cm³/mol. The minimum Gasteiger partial charge on any atom is -0.508 e. The first-order valence-electron chi connectivity index (χ1n) is 4.86. The summed E-state index contributed by atoms with van der Waals surface area (Å²) in [5.74, 6) is 0.269. The fourth-order valence-corrected chi connectivity index (χ4v) is 1.87. The Morgan fingerprint density at radius 1 is 0.933 bits per heavy atom. The molecule has 3 rings (SSSR count). The number of furan rings is 1. The molecule has 0 fully saturated rings. The number of aromatic hydroxyl groups is 1. The van der Waals surface area contributed by atoms with Gasteiger partial charge in [-0.1, -0.05) is 12.1 Å². The predicted octanol–water partition coefficient (Wildman–Crippen LogP) is 3.60. The summed E-state index contributed by atoms with van der Waals surface area (Å²) in [4.78, 5) is 0. The minimum absolute atomic E-state index is 0.269. The van der Waals surface area contributed by atoms with Crippen molar-refractivity contribution in [3.05, 3.63) is 42.0 Å². The average molecular weight is 198 g/mol. The van der Waals surface area contributed by atoms with Crippen LogP contribution >= 0.6 is 0 Å². The van der Waals surface area contributed by atoms with Crippen LogP contribution in [-0.2, 0) is 0 Å². The van der Waals surface area contributed by atoms with Crippen molar-refractivity contribution in [2.75, 3.05) is 0 Å². The van der Waals surface area contributed by atoms with Crippen molar-refractivity contribution in [1.29, 1.82) is 0 Å². The van der Waals surface area contributed by atoms with Crippen molar-refractivity contribution < 1.29 is 9.52 Å². The van der Waals surface area contributed by atoms with Gasteiger partial charge in [0.05, 0.1) is 0 Å². The largest absolute Gasteiger partial charge is 0.508 e. The topological polar surface area (TPSA) is 33.4 Å². The van der Waals surface area contributed by atoms with Crippen LogP contribution in [-0.4, -0.2) is 5.11 Å². The van der Waals surface area contributed by atoms with Crippen LogP contribution in [0.25, 0.3) is 21.9 Å². The average Bonchev–Trinajstić information content (AvgIpc) is 2.54. The summed E-state index contributed by atoms with van der Waals surface area (Å²) in [6.45, 7) is 2.03. The molecule has 0 aliphatic carbocycles. The molecule has 0 saturated heterocycles. The standard InChI is InChI=1S/C13H10O2/c1-8-2-4-10-11-7-9(14)3-5-12(11)15-13(10)6-8/h2-7,14H,1H3. The molecule has 74 valence electrons. The lowest BCUT2D eigenvalue weighted by Crippen LogP contribution is -1.69. The number of benzene rings is 2. The highest BCUT2D eigenvalue weighted by molar-refractivity contribution is 6.05. The Balaban J connectivity index is 2.53. The fraction of sp³-hybridized carbons (Fsp3) is 0.0769. The van der Waals surface area contributed by atoms with E-state index in [-0.39, 0.29) is 5.75 Å². The summed E-state index contributed by atoms with van der Waals surface area (Å²) in [6.07, 6.45) is 0. The Morgan fingerprint density at radius 2 is 1.80 bits per heavy atom. The van der Waals surface area contributed by atoms with Gasteiger partial charge < -0.3 is 9.52 Å². The highest BCUT2D eigenvalue weighted by atomic mass is 16.3. The van der Waals surface area contributed by atoms with Crippen LogP contribution in [0.3, 0.4) is 0 Å². The Labute approximate surface area is 86.7 Å². The summed E-state index contributed by atoms with van der Waals surface area (Å²) in [7, 11) is 0. The Kier molecular flexibility index (Phi) is 1.54. The SMILES string of the molecule is Cc1ccc2c(c1)oc1ccc(O)cc12. The molecular formula is C13H10O2. The first-order chi connectivity index (χ1) is 7.24. The number of hydrogen-bond acceptors (Lipinski definition) is 2. The van der Waals surface area contributed by atoms with E-state index < -0.39 is 0 Å². The molecular weight excluding hydrogens is 188 g/mol. The molecule has 0 spiro atoms. The summed E-state index contributed by atoms with van der Waals surface area (Å²) in [5, 5.41) is 11.4. The fourth-order valence-electron chi connectivity index (χ4n) is 1.87. The third-order valence-electron chi connectivity index (χ3n) is 2.61. The second-order valence-corrected chi connectivity index (χ2v) is 3.78. The highest BCUT2D eigenvalue weighted by Crippen LogP contribution is 2.31. The summed E-state index contributed by atoms with van der Waals surface area (Å²) < 4.78 is 5.68. The third-order valence-corrected chi connectivity index (χ3v) is 2.61. The smallest absolute Gasteiger partial charge is 0.135 e. The molecule has 0 bridgehead atoms. The molecule has 15 heavy (non-hydrogen) atoms. The summed E-state index contributed by atoms with van der Waals surface area (Å²) >= 11 is 0.